The Labute approximate surface area is 109 Å². The highest BCUT2D eigenvalue weighted by atomic mass is 15.1. The summed E-state index contributed by atoms with van der Waals surface area (Å²) in [6.45, 7) is 9.75. The molecule has 0 aliphatic carbocycles. The maximum atomic E-state index is 4.50. The Morgan fingerprint density at radius 2 is 1.89 bits per heavy atom. The highest BCUT2D eigenvalue weighted by Gasteiger charge is 2.13. The average molecular weight is 245 g/mol. The molecule has 2 aromatic rings. The van der Waals surface area contributed by atoms with Crippen LogP contribution < -0.4 is 5.32 Å². The first-order valence-corrected chi connectivity index (χ1v) is 6.62. The van der Waals surface area contributed by atoms with Crippen molar-refractivity contribution in [3.8, 4) is 0 Å². The van der Waals surface area contributed by atoms with Crippen LogP contribution in [0, 0.1) is 19.8 Å². The van der Waals surface area contributed by atoms with Crippen LogP contribution in [0.5, 0.6) is 0 Å². The van der Waals surface area contributed by atoms with Crippen LogP contribution in [0.25, 0.3) is 11.0 Å². The summed E-state index contributed by atoms with van der Waals surface area (Å²) in [4.78, 5) is 4.50. The quantitative estimate of drug-likeness (QED) is 0.897. The van der Waals surface area contributed by atoms with E-state index in [0.717, 1.165) is 12.1 Å². The maximum absolute atomic E-state index is 4.50. The number of rotatable bonds is 4. The average Bonchev–Trinajstić information content (AvgIpc) is 2.69. The fraction of sp³-hybridized carbons (Fsp3) is 0.533. The molecule has 0 radical (unpaired) electrons. The van der Waals surface area contributed by atoms with Crippen LogP contribution in [0.4, 0.5) is 0 Å². The van der Waals surface area contributed by atoms with Crippen molar-refractivity contribution in [1.82, 2.24) is 14.9 Å². The Bertz CT molecular complexity index is 540. The van der Waals surface area contributed by atoms with E-state index in [0.29, 0.717) is 12.0 Å². The molecule has 1 atom stereocenters. The van der Waals surface area contributed by atoms with Crippen molar-refractivity contribution < 1.29 is 0 Å². The molecule has 1 aromatic carbocycles. The molecule has 3 nitrogen and oxygen atoms in total. The third-order valence-electron chi connectivity index (χ3n) is 3.81. The molecular weight excluding hydrogens is 222 g/mol. The fourth-order valence-corrected chi connectivity index (χ4v) is 2.31. The Kier molecular flexibility index (Phi) is 3.71. The van der Waals surface area contributed by atoms with Gasteiger partial charge in [0.15, 0.2) is 0 Å². The summed E-state index contributed by atoms with van der Waals surface area (Å²) >= 11 is 0. The van der Waals surface area contributed by atoms with Crippen molar-refractivity contribution >= 4 is 11.0 Å². The Morgan fingerprint density at radius 1 is 1.22 bits per heavy atom. The highest BCUT2D eigenvalue weighted by Crippen LogP contribution is 2.19. The van der Waals surface area contributed by atoms with Gasteiger partial charge in [-0.3, -0.25) is 0 Å². The third-order valence-corrected chi connectivity index (χ3v) is 3.81. The molecule has 0 bridgehead atoms. The number of likely N-dealkylation sites (N-methyl/N-ethyl adjacent to an activating group) is 1. The zero-order valence-corrected chi connectivity index (χ0v) is 12.0. The Balaban J connectivity index is 2.37. The van der Waals surface area contributed by atoms with Crippen LogP contribution in [0.2, 0.25) is 0 Å². The van der Waals surface area contributed by atoms with Crippen LogP contribution in [0.15, 0.2) is 18.5 Å². The predicted molar refractivity (Wildman–Crippen MR) is 76.9 cm³/mol. The number of aromatic nitrogens is 2. The van der Waals surface area contributed by atoms with E-state index < -0.39 is 0 Å². The monoisotopic (exact) mass is 245 g/mol. The Hall–Kier alpha value is -1.35. The number of hydrogen-bond donors (Lipinski definition) is 1. The third kappa shape index (κ3) is 2.41. The van der Waals surface area contributed by atoms with E-state index in [9.17, 15) is 0 Å². The minimum absolute atomic E-state index is 0.476. The molecule has 0 fully saturated rings. The first-order valence-electron chi connectivity index (χ1n) is 6.62. The van der Waals surface area contributed by atoms with E-state index in [-0.39, 0.29) is 0 Å². The summed E-state index contributed by atoms with van der Waals surface area (Å²) < 4.78 is 2.25. The van der Waals surface area contributed by atoms with Gasteiger partial charge in [0.25, 0.3) is 0 Å². The molecule has 18 heavy (non-hydrogen) atoms. The predicted octanol–water partition coefficient (Wildman–Crippen LogP) is 2.90. The van der Waals surface area contributed by atoms with Gasteiger partial charge in [-0.05, 0) is 50.1 Å². The molecule has 0 saturated heterocycles. The molecule has 0 aliphatic heterocycles. The van der Waals surface area contributed by atoms with Gasteiger partial charge in [0.05, 0.1) is 17.4 Å². The lowest BCUT2D eigenvalue weighted by molar-refractivity contribution is 0.381. The first-order chi connectivity index (χ1) is 8.52. The molecule has 0 amide bonds. The fourth-order valence-electron chi connectivity index (χ4n) is 2.31. The normalized spacial score (nSPS) is 13.4. The van der Waals surface area contributed by atoms with Gasteiger partial charge in [-0.2, -0.15) is 0 Å². The molecule has 1 heterocycles. The molecule has 1 N–H and O–H groups in total. The van der Waals surface area contributed by atoms with Crippen molar-refractivity contribution in [2.75, 3.05) is 7.05 Å². The van der Waals surface area contributed by atoms with E-state index in [4.69, 9.17) is 0 Å². The Morgan fingerprint density at radius 3 is 2.50 bits per heavy atom. The molecule has 0 saturated carbocycles. The van der Waals surface area contributed by atoms with E-state index in [1.54, 1.807) is 0 Å². The summed E-state index contributed by atoms with van der Waals surface area (Å²) in [5.74, 6) is 0.610. The number of hydrogen-bond acceptors (Lipinski definition) is 2. The van der Waals surface area contributed by atoms with E-state index in [1.165, 1.54) is 16.6 Å². The number of aryl methyl sites for hydroxylation is 2. The van der Waals surface area contributed by atoms with Crippen molar-refractivity contribution in [3.63, 3.8) is 0 Å². The van der Waals surface area contributed by atoms with Gasteiger partial charge in [0.2, 0.25) is 0 Å². The SMILES string of the molecule is CNC(Cn1cnc2cc(C)c(C)cc21)C(C)C. The van der Waals surface area contributed by atoms with E-state index in [2.05, 4.69) is 54.7 Å². The van der Waals surface area contributed by atoms with Gasteiger partial charge in [0.1, 0.15) is 0 Å². The number of benzene rings is 1. The smallest absolute Gasteiger partial charge is 0.0958 e. The second kappa shape index (κ2) is 5.11. The summed E-state index contributed by atoms with van der Waals surface area (Å²) in [6.07, 6.45) is 1.95. The summed E-state index contributed by atoms with van der Waals surface area (Å²) in [5.41, 5.74) is 4.97. The number of fused-ring (bicyclic) bond motifs is 1. The molecule has 0 aliphatic rings. The maximum Gasteiger partial charge on any atom is 0.0958 e. The number of nitrogens with zero attached hydrogens (tertiary/aromatic N) is 2. The summed E-state index contributed by atoms with van der Waals surface area (Å²) in [7, 11) is 2.03. The lowest BCUT2D eigenvalue weighted by atomic mass is 10.0. The molecular formula is C15H23N3. The van der Waals surface area contributed by atoms with Crippen LogP contribution in [-0.4, -0.2) is 22.6 Å². The van der Waals surface area contributed by atoms with E-state index in [1.807, 2.05) is 13.4 Å². The van der Waals surface area contributed by atoms with Crippen LogP contribution in [0.1, 0.15) is 25.0 Å². The van der Waals surface area contributed by atoms with Gasteiger partial charge in [-0.1, -0.05) is 13.8 Å². The lowest BCUT2D eigenvalue weighted by Crippen LogP contribution is -2.34. The second-order valence-corrected chi connectivity index (χ2v) is 5.46. The van der Waals surface area contributed by atoms with E-state index >= 15 is 0 Å². The largest absolute Gasteiger partial charge is 0.329 e. The zero-order valence-electron chi connectivity index (χ0n) is 12.0. The number of imidazole rings is 1. The summed E-state index contributed by atoms with van der Waals surface area (Å²) in [5, 5.41) is 3.38. The molecule has 1 aromatic heterocycles. The van der Waals surface area contributed by atoms with Crippen molar-refractivity contribution in [2.24, 2.45) is 5.92 Å². The molecule has 3 heteroatoms. The van der Waals surface area contributed by atoms with Crippen molar-refractivity contribution in [1.29, 1.82) is 0 Å². The highest BCUT2D eigenvalue weighted by molar-refractivity contribution is 5.77. The zero-order chi connectivity index (χ0) is 13.3. The van der Waals surface area contributed by atoms with Gasteiger partial charge >= 0.3 is 0 Å². The first kappa shape index (κ1) is 13.1. The minimum atomic E-state index is 0.476. The van der Waals surface area contributed by atoms with Crippen molar-refractivity contribution in [3.05, 3.63) is 29.6 Å². The topological polar surface area (TPSA) is 29.9 Å². The number of nitrogens with one attached hydrogen (secondary N) is 1. The molecule has 0 spiro atoms. The summed E-state index contributed by atoms with van der Waals surface area (Å²) in [6, 6.07) is 4.89. The van der Waals surface area contributed by atoms with Crippen LogP contribution in [0.3, 0.4) is 0 Å². The second-order valence-electron chi connectivity index (χ2n) is 5.46. The van der Waals surface area contributed by atoms with Crippen molar-refractivity contribution in [2.45, 2.75) is 40.3 Å². The molecule has 2 rings (SSSR count). The lowest BCUT2D eigenvalue weighted by Gasteiger charge is -2.21. The minimum Gasteiger partial charge on any atom is -0.329 e. The molecule has 1 unspecified atom stereocenters. The van der Waals surface area contributed by atoms with Crippen LogP contribution in [-0.2, 0) is 6.54 Å². The van der Waals surface area contributed by atoms with Gasteiger partial charge < -0.3 is 9.88 Å². The van der Waals surface area contributed by atoms with Gasteiger partial charge in [0, 0.05) is 12.6 Å². The van der Waals surface area contributed by atoms with Gasteiger partial charge in [-0.15, -0.1) is 0 Å². The van der Waals surface area contributed by atoms with Crippen LogP contribution >= 0.6 is 0 Å². The standard InChI is InChI=1S/C15H23N3/c1-10(2)14(16-5)8-18-9-17-13-6-11(3)12(4)7-15(13)18/h6-7,9-10,14,16H,8H2,1-5H3. The molecule has 98 valence electrons. The van der Waals surface area contributed by atoms with Gasteiger partial charge in [-0.25, -0.2) is 4.98 Å².